The lowest BCUT2D eigenvalue weighted by Gasteiger charge is -2.06. The Morgan fingerprint density at radius 3 is 2.89 bits per heavy atom. The Balaban J connectivity index is 2.52. The molecule has 0 aliphatic carbocycles. The molecule has 5 nitrogen and oxygen atoms in total. The molecule has 1 N–H and O–H groups in total. The summed E-state index contributed by atoms with van der Waals surface area (Å²) < 4.78 is 19.7. The molecule has 0 radical (unpaired) electrons. The molecule has 0 bridgehead atoms. The van der Waals surface area contributed by atoms with E-state index in [1.54, 1.807) is 19.9 Å². The summed E-state index contributed by atoms with van der Waals surface area (Å²) in [5, 5.41) is 9.86. The molecule has 0 aliphatic heterocycles. The molecule has 0 saturated heterocycles. The first kappa shape index (κ1) is 13.7. The quantitative estimate of drug-likeness (QED) is 0.880. The van der Waals surface area contributed by atoms with Gasteiger partial charge in [0.1, 0.15) is 11.5 Å². The van der Waals surface area contributed by atoms with Crippen LogP contribution in [0.25, 0.3) is 11.3 Å². The van der Waals surface area contributed by atoms with Crippen molar-refractivity contribution in [2.75, 3.05) is 6.61 Å². The molecule has 1 heterocycles. The van der Waals surface area contributed by atoms with Crippen LogP contribution in [0.2, 0.25) is 0 Å². The number of benzene rings is 1. The Labute approximate surface area is 117 Å². The minimum absolute atomic E-state index is 0.0255. The van der Waals surface area contributed by atoms with Crippen molar-refractivity contribution in [3.8, 4) is 11.3 Å². The Bertz CT molecular complexity index is 627. The number of carbonyl (C=O) groups is 1. The molecule has 0 amide bonds. The van der Waals surface area contributed by atoms with Gasteiger partial charge < -0.3 is 4.74 Å². The molecule has 0 aliphatic rings. The number of nitrogens with one attached hydrogen (secondary N) is 1. The van der Waals surface area contributed by atoms with Gasteiger partial charge in [-0.05, 0) is 31.5 Å². The third kappa shape index (κ3) is 2.51. The van der Waals surface area contributed by atoms with E-state index in [-0.39, 0.29) is 23.6 Å². The van der Waals surface area contributed by atoms with Gasteiger partial charge in [0.2, 0.25) is 0 Å². The van der Waals surface area contributed by atoms with E-state index in [1.807, 2.05) is 0 Å². The number of esters is 1. The summed E-state index contributed by atoms with van der Waals surface area (Å²) in [6, 6.07) is 3.23. The van der Waals surface area contributed by atoms with Crippen molar-refractivity contribution in [2.45, 2.75) is 13.8 Å². The zero-order valence-corrected chi connectivity index (χ0v) is 11.9. The molecule has 7 heteroatoms. The fraction of sp³-hybridized carbons (Fsp3) is 0.250. The number of hydrogen-bond acceptors (Lipinski definition) is 4. The van der Waals surface area contributed by atoms with Crippen molar-refractivity contribution in [2.24, 2.45) is 0 Å². The van der Waals surface area contributed by atoms with Crippen LogP contribution in [0.1, 0.15) is 23.0 Å². The fourth-order valence-corrected chi connectivity index (χ4v) is 1.91. The molecule has 0 unspecified atom stereocenters. The standard InChI is InChI=1S/C12H11BrFN3O2/c1-3-19-12(18)11-10(15-17-16-11)7-4-5-8(13)6(2)9(7)14/h4-5H,3H2,1-2H3,(H,15,16,17). The number of hydrogen-bond donors (Lipinski definition) is 1. The third-order valence-corrected chi connectivity index (χ3v) is 3.45. The maximum absolute atomic E-state index is 14.2. The Hall–Kier alpha value is -1.76. The Kier molecular flexibility index (Phi) is 3.94. The second-order valence-corrected chi connectivity index (χ2v) is 4.63. The summed E-state index contributed by atoms with van der Waals surface area (Å²) in [6.07, 6.45) is 0. The highest BCUT2D eigenvalue weighted by molar-refractivity contribution is 9.10. The summed E-state index contributed by atoms with van der Waals surface area (Å²) >= 11 is 3.24. The Morgan fingerprint density at radius 1 is 1.47 bits per heavy atom. The number of nitrogens with zero attached hydrogens (tertiary/aromatic N) is 2. The van der Waals surface area contributed by atoms with Crippen molar-refractivity contribution >= 4 is 21.9 Å². The number of halogens is 2. The smallest absolute Gasteiger partial charge is 0.361 e. The topological polar surface area (TPSA) is 67.9 Å². The minimum atomic E-state index is -0.633. The number of H-pyrrole nitrogens is 1. The molecule has 2 rings (SSSR count). The van der Waals surface area contributed by atoms with Crippen LogP contribution in [0.15, 0.2) is 16.6 Å². The SMILES string of the molecule is CCOC(=O)c1n[nH]nc1-c1ccc(Br)c(C)c1F. The van der Waals surface area contributed by atoms with Gasteiger partial charge in [0.15, 0.2) is 5.69 Å². The van der Waals surface area contributed by atoms with Gasteiger partial charge in [-0.3, -0.25) is 0 Å². The van der Waals surface area contributed by atoms with Crippen molar-refractivity contribution in [3.63, 3.8) is 0 Å². The van der Waals surface area contributed by atoms with E-state index in [0.29, 0.717) is 10.0 Å². The monoisotopic (exact) mass is 327 g/mol. The van der Waals surface area contributed by atoms with Crippen LogP contribution in [0, 0.1) is 12.7 Å². The normalized spacial score (nSPS) is 10.5. The second kappa shape index (κ2) is 5.48. The van der Waals surface area contributed by atoms with Crippen molar-refractivity contribution in [3.05, 3.63) is 33.7 Å². The largest absolute Gasteiger partial charge is 0.461 e. The third-order valence-electron chi connectivity index (χ3n) is 2.59. The van der Waals surface area contributed by atoms with Crippen molar-refractivity contribution in [1.82, 2.24) is 15.4 Å². The molecule has 0 spiro atoms. The van der Waals surface area contributed by atoms with Crippen LogP contribution >= 0.6 is 15.9 Å². The van der Waals surface area contributed by atoms with Crippen molar-refractivity contribution in [1.29, 1.82) is 0 Å². The predicted octanol–water partition coefficient (Wildman–Crippen LogP) is 2.86. The van der Waals surface area contributed by atoms with Gasteiger partial charge in [-0.2, -0.15) is 10.3 Å². The highest BCUT2D eigenvalue weighted by Crippen LogP contribution is 2.29. The lowest BCUT2D eigenvalue weighted by Crippen LogP contribution is -2.07. The van der Waals surface area contributed by atoms with E-state index in [0.717, 1.165) is 0 Å². The van der Waals surface area contributed by atoms with E-state index in [4.69, 9.17) is 4.74 Å². The van der Waals surface area contributed by atoms with Crippen LogP contribution in [0.5, 0.6) is 0 Å². The average Bonchev–Trinajstić information content (AvgIpc) is 2.85. The van der Waals surface area contributed by atoms with Crippen LogP contribution in [0.3, 0.4) is 0 Å². The van der Waals surface area contributed by atoms with E-state index in [1.165, 1.54) is 6.07 Å². The highest BCUT2D eigenvalue weighted by atomic mass is 79.9. The fourth-order valence-electron chi connectivity index (χ4n) is 1.60. The number of ether oxygens (including phenoxy) is 1. The Morgan fingerprint density at radius 2 is 2.21 bits per heavy atom. The molecule has 0 saturated carbocycles. The summed E-state index contributed by atoms with van der Waals surface area (Å²) in [4.78, 5) is 11.7. The lowest BCUT2D eigenvalue weighted by molar-refractivity contribution is 0.0520. The van der Waals surface area contributed by atoms with E-state index in [9.17, 15) is 9.18 Å². The summed E-state index contributed by atoms with van der Waals surface area (Å²) in [5.74, 6) is -1.08. The van der Waals surface area contributed by atoms with Gasteiger partial charge in [0.25, 0.3) is 0 Å². The summed E-state index contributed by atoms with van der Waals surface area (Å²) in [6.45, 7) is 3.53. The molecular weight excluding hydrogens is 317 g/mol. The van der Waals surface area contributed by atoms with Crippen LogP contribution in [-0.2, 0) is 4.74 Å². The molecular formula is C12H11BrFN3O2. The zero-order chi connectivity index (χ0) is 14.0. The number of carbonyl (C=O) groups excluding carboxylic acids is 1. The van der Waals surface area contributed by atoms with E-state index >= 15 is 0 Å². The van der Waals surface area contributed by atoms with E-state index < -0.39 is 11.8 Å². The molecule has 1 aromatic carbocycles. The number of aromatic nitrogens is 3. The van der Waals surface area contributed by atoms with Gasteiger partial charge in [-0.15, -0.1) is 5.10 Å². The first-order chi connectivity index (χ1) is 9.06. The molecule has 19 heavy (non-hydrogen) atoms. The second-order valence-electron chi connectivity index (χ2n) is 3.78. The summed E-state index contributed by atoms with van der Waals surface area (Å²) in [5.41, 5.74) is 0.766. The first-order valence-corrected chi connectivity index (χ1v) is 6.38. The number of rotatable bonds is 3. The van der Waals surface area contributed by atoms with Gasteiger partial charge in [-0.25, -0.2) is 9.18 Å². The zero-order valence-electron chi connectivity index (χ0n) is 10.3. The predicted molar refractivity (Wildman–Crippen MR) is 70.2 cm³/mol. The minimum Gasteiger partial charge on any atom is -0.461 e. The maximum Gasteiger partial charge on any atom is 0.361 e. The van der Waals surface area contributed by atoms with Crippen LogP contribution in [0.4, 0.5) is 4.39 Å². The lowest BCUT2D eigenvalue weighted by atomic mass is 10.1. The maximum atomic E-state index is 14.2. The molecule has 2 aromatic rings. The van der Waals surface area contributed by atoms with Crippen LogP contribution in [-0.4, -0.2) is 28.0 Å². The first-order valence-electron chi connectivity index (χ1n) is 5.59. The molecule has 0 atom stereocenters. The van der Waals surface area contributed by atoms with Crippen LogP contribution < -0.4 is 0 Å². The van der Waals surface area contributed by atoms with Crippen molar-refractivity contribution < 1.29 is 13.9 Å². The van der Waals surface area contributed by atoms with Gasteiger partial charge in [-0.1, -0.05) is 15.9 Å². The molecule has 1 aromatic heterocycles. The summed E-state index contributed by atoms with van der Waals surface area (Å²) in [7, 11) is 0. The number of aromatic amines is 1. The highest BCUT2D eigenvalue weighted by Gasteiger charge is 2.22. The van der Waals surface area contributed by atoms with E-state index in [2.05, 4.69) is 31.3 Å². The van der Waals surface area contributed by atoms with Gasteiger partial charge in [0, 0.05) is 10.0 Å². The van der Waals surface area contributed by atoms with Gasteiger partial charge in [0.05, 0.1) is 6.61 Å². The average molecular weight is 328 g/mol. The molecule has 0 fully saturated rings. The molecule has 100 valence electrons. The van der Waals surface area contributed by atoms with Gasteiger partial charge >= 0.3 is 5.97 Å².